The zero-order chi connectivity index (χ0) is 11.0. The molecule has 4 heteroatoms. The largest absolute Gasteiger partial charge is 0.252 e. The maximum atomic E-state index is 6.10. The highest BCUT2D eigenvalue weighted by molar-refractivity contribution is 9.08. The fourth-order valence-electron chi connectivity index (χ4n) is 1.57. The van der Waals surface area contributed by atoms with E-state index in [-0.39, 0.29) is 0 Å². The van der Waals surface area contributed by atoms with Crippen LogP contribution in [-0.4, -0.2) is 4.98 Å². The third kappa shape index (κ3) is 2.12. The van der Waals surface area contributed by atoms with Crippen LogP contribution in [0.15, 0.2) is 18.2 Å². The fourth-order valence-corrected chi connectivity index (χ4v) is 2.57. The Morgan fingerprint density at radius 3 is 2.67 bits per heavy atom. The second-order valence-corrected chi connectivity index (χ2v) is 4.74. The van der Waals surface area contributed by atoms with Crippen LogP contribution in [0.25, 0.3) is 10.9 Å². The molecule has 0 aliphatic carbocycles. The van der Waals surface area contributed by atoms with Crippen molar-refractivity contribution in [2.24, 2.45) is 0 Å². The quantitative estimate of drug-likeness (QED) is 0.693. The van der Waals surface area contributed by atoms with Gasteiger partial charge in [-0.1, -0.05) is 39.1 Å². The first-order valence-corrected chi connectivity index (χ1v) is 6.31. The summed E-state index contributed by atoms with van der Waals surface area (Å²) in [5, 5.41) is 3.02. The Labute approximate surface area is 107 Å². The van der Waals surface area contributed by atoms with Crippen LogP contribution in [0.1, 0.15) is 11.3 Å². The Morgan fingerprint density at radius 2 is 2.00 bits per heavy atom. The topological polar surface area (TPSA) is 12.9 Å². The van der Waals surface area contributed by atoms with E-state index in [4.69, 9.17) is 23.2 Å². The summed E-state index contributed by atoms with van der Waals surface area (Å²) >= 11 is 15.5. The van der Waals surface area contributed by atoms with E-state index in [1.54, 1.807) is 6.07 Å². The van der Waals surface area contributed by atoms with Gasteiger partial charge in [-0.3, -0.25) is 4.98 Å². The van der Waals surface area contributed by atoms with Crippen molar-refractivity contribution >= 4 is 50.0 Å². The van der Waals surface area contributed by atoms with Crippen molar-refractivity contribution in [2.75, 3.05) is 0 Å². The van der Waals surface area contributed by atoms with E-state index < -0.39 is 0 Å². The van der Waals surface area contributed by atoms with E-state index in [0.717, 1.165) is 27.5 Å². The number of nitrogens with zero attached hydrogens (tertiary/aromatic N) is 1. The first-order valence-electron chi connectivity index (χ1n) is 4.43. The molecule has 0 atom stereocenters. The van der Waals surface area contributed by atoms with Gasteiger partial charge < -0.3 is 0 Å². The minimum absolute atomic E-state index is 0.600. The highest BCUT2D eigenvalue weighted by atomic mass is 79.9. The predicted molar refractivity (Wildman–Crippen MR) is 69.1 cm³/mol. The molecule has 1 heterocycles. The lowest BCUT2D eigenvalue weighted by Crippen LogP contribution is -1.90. The third-order valence-corrected chi connectivity index (χ3v) is 3.30. The van der Waals surface area contributed by atoms with E-state index in [9.17, 15) is 0 Å². The van der Waals surface area contributed by atoms with E-state index >= 15 is 0 Å². The predicted octanol–water partition coefficient (Wildman–Crippen LogP) is 4.74. The molecule has 15 heavy (non-hydrogen) atoms. The first-order chi connectivity index (χ1) is 7.11. The molecule has 0 amide bonds. The number of halogens is 3. The SMILES string of the molecule is Cc1cc(CBr)c2cc(Cl)cc(Cl)c2n1. The van der Waals surface area contributed by atoms with Gasteiger partial charge in [-0.15, -0.1) is 0 Å². The van der Waals surface area contributed by atoms with Crippen LogP contribution in [0.5, 0.6) is 0 Å². The minimum Gasteiger partial charge on any atom is -0.252 e. The smallest absolute Gasteiger partial charge is 0.0895 e. The summed E-state index contributed by atoms with van der Waals surface area (Å²) in [7, 11) is 0. The summed E-state index contributed by atoms with van der Waals surface area (Å²) in [6.07, 6.45) is 0. The van der Waals surface area contributed by atoms with Crippen molar-refractivity contribution in [3.8, 4) is 0 Å². The Bertz CT molecular complexity index is 525. The van der Waals surface area contributed by atoms with E-state index in [1.165, 1.54) is 0 Å². The summed E-state index contributed by atoms with van der Waals surface area (Å²) in [5.41, 5.74) is 2.93. The number of aryl methyl sites for hydroxylation is 1. The van der Waals surface area contributed by atoms with Gasteiger partial charge in [0.05, 0.1) is 10.5 Å². The molecule has 1 aromatic heterocycles. The van der Waals surface area contributed by atoms with Gasteiger partial charge in [-0.05, 0) is 30.7 Å². The number of alkyl halides is 1. The fraction of sp³-hybridized carbons (Fsp3) is 0.182. The molecule has 0 aliphatic heterocycles. The number of hydrogen-bond acceptors (Lipinski definition) is 1. The van der Waals surface area contributed by atoms with E-state index in [1.807, 2.05) is 19.1 Å². The maximum absolute atomic E-state index is 6.10. The Balaban J connectivity index is 2.89. The van der Waals surface area contributed by atoms with Gasteiger partial charge in [0.25, 0.3) is 0 Å². The zero-order valence-corrected chi connectivity index (χ0v) is 11.1. The molecule has 1 aromatic carbocycles. The average molecular weight is 305 g/mol. The molecular formula is C11H8BrCl2N. The molecule has 78 valence electrons. The molecule has 0 fully saturated rings. The molecule has 0 spiro atoms. The minimum atomic E-state index is 0.600. The standard InChI is InChI=1S/C11H8BrCl2N/c1-6-2-7(5-12)9-3-8(13)4-10(14)11(9)15-6/h2-4H,5H2,1H3. The second-order valence-electron chi connectivity index (χ2n) is 3.34. The van der Waals surface area contributed by atoms with Crippen molar-refractivity contribution in [1.29, 1.82) is 0 Å². The van der Waals surface area contributed by atoms with E-state index in [0.29, 0.717) is 10.0 Å². The molecule has 0 N–H and O–H groups in total. The number of hydrogen-bond donors (Lipinski definition) is 0. The maximum Gasteiger partial charge on any atom is 0.0895 e. The summed E-state index contributed by atoms with van der Waals surface area (Å²) in [4.78, 5) is 4.41. The number of benzene rings is 1. The van der Waals surface area contributed by atoms with Gasteiger partial charge in [0.1, 0.15) is 0 Å². The monoisotopic (exact) mass is 303 g/mol. The molecule has 0 saturated carbocycles. The van der Waals surface area contributed by atoms with Crippen molar-refractivity contribution < 1.29 is 0 Å². The van der Waals surface area contributed by atoms with Gasteiger partial charge in [-0.2, -0.15) is 0 Å². The summed E-state index contributed by atoms with van der Waals surface area (Å²) in [6.45, 7) is 1.95. The van der Waals surface area contributed by atoms with Crippen molar-refractivity contribution in [1.82, 2.24) is 4.98 Å². The molecule has 1 nitrogen and oxygen atoms in total. The van der Waals surface area contributed by atoms with Crippen LogP contribution in [0.3, 0.4) is 0 Å². The summed E-state index contributed by atoms with van der Waals surface area (Å²) in [6, 6.07) is 5.64. The lowest BCUT2D eigenvalue weighted by Gasteiger charge is -2.07. The average Bonchev–Trinajstić information content (AvgIpc) is 2.18. The molecule has 0 unspecified atom stereocenters. The van der Waals surface area contributed by atoms with Gasteiger partial charge in [0.15, 0.2) is 0 Å². The zero-order valence-electron chi connectivity index (χ0n) is 8.02. The van der Waals surface area contributed by atoms with Crippen LogP contribution >= 0.6 is 39.1 Å². The van der Waals surface area contributed by atoms with Gasteiger partial charge >= 0.3 is 0 Å². The Morgan fingerprint density at radius 1 is 1.27 bits per heavy atom. The first kappa shape index (κ1) is 11.2. The molecule has 0 aliphatic rings. The van der Waals surface area contributed by atoms with Crippen LogP contribution in [-0.2, 0) is 5.33 Å². The molecule has 0 radical (unpaired) electrons. The van der Waals surface area contributed by atoms with E-state index in [2.05, 4.69) is 20.9 Å². The van der Waals surface area contributed by atoms with Crippen LogP contribution in [0.4, 0.5) is 0 Å². The highest BCUT2D eigenvalue weighted by Gasteiger charge is 2.07. The number of rotatable bonds is 1. The lowest BCUT2D eigenvalue weighted by atomic mass is 10.1. The van der Waals surface area contributed by atoms with Crippen LogP contribution in [0, 0.1) is 6.92 Å². The molecular weight excluding hydrogens is 297 g/mol. The van der Waals surface area contributed by atoms with Crippen molar-refractivity contribution in [2.45, 2.75) is 12.3 Å². The second kappa shape index (κ2) is 4.28. The Hall–Kier alpha value is -0.310. The lowest BCUT2D eigenvalue weighted by molar-refractivity contribution is 1.23. The third-order valence-electron chi connectivity index (χ3n) is 2.19. The van der Waals surface area contributed by atoms with Crippen LogP contribution < -0.4 is 0 Å². The summed E-state index contributed by atoms with van der Waals surface area (Å²) in [5.74, 6) is 0. The van der Waals surface area contributed by atoms with Crippen LogP contribution in [0.2, 0.25) is 10.0 Å². The Kier molecular flexibility index (Phi) is 3.19. The molecule has 2 rings (SSSR count). The normalized spacial score (nSPS) is 10.9. The number of fused-ring (bicyclic) bond motifs is 1. The van der Waals surface area contributed by atoms with Gasteiger partial charge in [-0.25, -0.2) is 0 Å². The number of pyridine rings is 1. The van der Waals surface area contributed by atoms with Gasteiger partial charge in [0, 0.05) is 21.4 Å². The molecule has 0 bridgehead atoms. The number of aromatic nitrogens is 1. The van der Waals surface area contributed by atoms with Crippen molar-refractivity contribution in [3.05, 3.63) is 39.5 Å². The van der Waals surface area contributed by atoms with Crippen molar-refractivity contribution in [3.63, 3.8) is 0 Å². The molecule has 2 aromatic rings. The van der Waals surface area contributed by atoms with Gasteiger partial charge in [0.2, 0.25) is 0 Å². The molecule has 0 saturated heterocycles. The summed E-state index contributed by atoms with van der Waals surface area (Å²) < 4.78 is 0. The highest BCUT2D eigenvalue weighted by Crippen LogP contribution is 2.30.